The lowest BCUT2D eigenvalue weighted by atomic mass is 9.96. The molecule has 0 aliphatic carbocycles. The predicted octanol–water partition coefficient (Wildman–Crippen LogP) is 2.86. The molecule has 5 nitrogen and oxygen atoms in total. The van der Waals surface area contributed by atoms with Crippen molar-refractivity contribution in [2.75, 3.05) is 33.3 Å². The Kier molecular flexibility index (Phi) is 9.90. The van der Waals surface area contributed by atoms with Crippen molar-refractivity contribution in [1.29, 1.82) is 0 Å². The van der Waals surface area contributed by atoms with Crippen LogP contribution in [0, 0.1) is 5.92 Å². The summed E-state index contributed by atoms with van der Waals surface area (Å²) in [5.74, 6) is -1.80. The number of piperidine rings is 1. The van der Waals surface area contributed by atoms with E-state index in [-0.39, 0.29) is 30.7 Å². The first-order valence-electron chi connectivity index (χ1n) is 9.19. The first kappa shape index (κ1) is 24.9. The monoisotopic (exact) mass is 439 g/mol. The molecular weight excluding hydrogens is 411 g/mol. The molecule has 3 rings (SSSR count). The molecule has 1 unspecified atom stereocenters. The van der Waals surface area contributed by atoms with E-state index in [0.717, 1.165) is 38.2 Å². The molecule has 9 heteroatoms. The van der Waals surface area contributed by atoms with Crippen molar-refractivity contribution in [3.8, 4) is 5.75 Å². The Morgan fingerprint density at radius 3 is 2.43 bits per heavy atom. The summed E-state index contributed by atoms with van der Waals surface area (Å²) >= 11 is 0. The Morgan fingerprint density at radius 1 is 1.25 bits per heavy atom. The van der Waals surface area contributed by atoms with Gasteiger partial charge in [-0.3, -0.25) is 15.0 Å². The zero-order valence-electron chi connectivity index (χ0n) is 16.0. The van der Waals surface area contributed by atoms with E-state index in [9.17, 15) is 13.6 Å². The van der Waals surface area contributed by atoms with Crippen LogP contribution in [0.25, 0.3) is 0 Å². The summed E-state index contributed by atoms with van der Waals surface area (Å²) in [4.78, 5) is 14.4. The van der Waals surface area contributed by atoms with Gasteiger partial charge in [0.2, 0.25) is 5.91 Å². The van der Waals surface area contributed by atoms with Crippen LogP contribution in [0.3, 0.4) is 0 Å². The molecule has 0 saturated carbocycles. The normalized spacial score (nSPS) is 22.0. The summed E-state index contributed by atoms with van der Waals surface area (Å²) in [7, 11) is 1.66. The zero-order chi connectivity index (χ0) is 18.6. The quantitative estimate of drug-likeness (QED) is 0.715. The summed E-state index contributed by atoms with van der Waals surface area (Å²) in [6, 6.07) is 7.33. The number of carbonyl (C=O) groups is 1. The molecule has 0 spiro atoms. The molecule has 2 saturated heterocycles. The molecule has 2 aliphatic heterocycles. The molecule has 0 radical (unpaired) electrons. The maximum Gasteiger partial charge on any atom is 0.262 e. The van der Waals surface area contributed by atoms with Crippen molar-refractivity contribution in [3.63, 3.8) is 0 Å². The van der Waals surface area contributed by atoms with Gasteiger partial charge in [0.25, 0.3) is 5.92 Å². The van der Waals surface area contributed by atoms with Crippen molar-refractivity contribution in [2.45, 2.75) is 37.8 Å². The van der Waals surface area contributed by atoms with E-state index in [4.69, 9.17) is 4.74 Å². The number of nitrogens with zero attached hydrogens (tertiary/aromatic N) is 1. The Morgan fingerprint density at radius 2 is 1.89 bits per heavy atom. The van der Waals surface area contributed by atoms with Gasteiger partial charge in [0.1, 0.15) is 5.75 Å². The van der Waals surface area contributed by atoms with Crippen LogP contribution in [0.5, 0.6) is 5.75 Å². The zero-order valence-corrected chi connectivity index (χ0v) is 17.6. The van der Waals surface area contributed by atoms with Crippen molar-refractivity contribution in [1.82, 2.24) is 15.5 Å². The highest BCUT2D eigenvalue weighted by Crippen LogP contribution is 2.25. The van der Waals surface area contributed by atoms with Crippen molar-refractivity contribution >= 4 is 30.7 Å². The number of methoxy groups -OCH3 is 1. The lowest BCUT2D eigenvalue weighted by molar-refractivity contribution is -0.123. The highest BCUT2D eigenvalue weighted by molar-refractivity contribution is 5.85. The van der Waals surface area contributed by atoms with Crippen LogP contribution in [0.15, 0.2) is 24.3 Å². The third kappa shape index (κ3) is 7.03. The molecule has 1 aromatic carbocycles. The van der Waals surface area contributed by atoms with Gasteiger partial charge < -0.3 is 10.1 Å². The van der Waals surface area contributed by atoms with Crippen molar-refractivity contribution in [2.24, 2.45) is 5.92 Å². The number of nitrogens with one attached hydrogen (secondary N) is 2. The highest BCUT2D eigenvalue weighted by atomic mass is 35.5. The van der Waals surface area contributed by atoms with Crippen molar-refractivity contribution in [3.05, 3.63) is 29.8 Å². The molecule has 2 N–H and O–H groups in total. The van der Waals surface area contributed by atoms with Crippen LogP contribution in [0.2, 0.25) is 0 Å². The maximum atomic E-state index is 13.2. The van der Waals surface area contributed by atoms with E-state index in [1.54, 1.807) is 7.11 Å². The minimum Gasteiger partial charge on any atom is -0.497 e. The second kappa shape index (κ2) is 11.1. The van der Waals surface area contributed by atoms with Gasteiger partial charge >= 0.3 is 0 Å². The maximum absolute atomic E-state index is 13.2. The van der Waals surface area contributed by atoms with Crippen LogP contribution in [0.4, 0.5) is 8.78 Å². The standard InChI is InChI=1S/C19H27F2N3O2.2ClH/c1-26-16-4-2-15(3-5-16)12-24-8-6-14(7-9-24)11-22-18(25)17-10-19(20,21)13-23-17;;/h2-5,14,17,23H,6-13H2,1H3,(H,22,25);2*1H. The molecule has 1 aromatic rings. The summed E-state index contributed by atoms with van der Waals surface area (Å²) in [6.45, 7) is 3.02. The third-order valence-corrected chi connectivity index (χ3v) is 5.26. The fourth-order valence-corrected chi connectivity index (χ4v) is 3.61. The van der Waals surface area contributed by atoms with Gasteiger partial charge in [-0.15, -0.1) is 24.8 Å². The average molecular weight is 440 g/mol. The second-order valence-corrected chi connectivity index (χ2v) is 7.31. The Balaban J connectivity index is 0.00000196. The fourth-order valence-electron chi connectivity index (χ4n) is 3.61. The predicted molar refractivity (Wildman–Crippen MR) is 110 cm³/mol. The van der Waals surface area contributed by atoms with Crippen molar-refractivity contribution < 1.29 is 18.3 Å². The first-order chi connectivity index (χ1) is 12.4. The van der Waals surface area contributed by atoms with E-state index >= 15 is 0 Å². The Labute approximate surface area is 177 Å². The summed E-state index contributed by atoms with van der Waals surface area (Å²) in [6.07, 6.45) is 1.61. The lowest BCUT2D eigenvalue weighted by Gasteiger charge is -2.32. The Bertz CT molecular complexity index is 612. The van der Waals surface area contributed by atoms with Crippen LogP contribution in [0.1, 0.15) is 24.8 Å². The van der Waals surface area contributed by atoms with E-state index in [2.05, 4.69) is 27.7 Å². The van der Waals surface area contributed by atoms with E-state index in [0.29, 0.717) is 12.5 Å². The first-order valence-corrected chi connectivity index (χ1v) is 9.19. The van der Waals surface area contributed by atoms with Gasteiger partial charge in [0.05, 0.1) is 19.7 Å². The summed E-state index contributed by atoms with van der Waals surface area (Å²) < 4.78 is 31.5. The van der Waals surface area contributed by atoms with E-state index in [1.807, 2.05) is 12.1 Å². The number of ether oxygens (including phenoxy) is 1. The van der Waals surface area contributed by atoms with E-state index < -0.39 is 24.9 Å². The SMILES string of the molecule is COc1ccc(CN2CCC(CNC(=O)C3CC(F)(F)CN3)CC2)cc1.Cl.Cl. The molecule has 1 amide bonds. The Hall–Kier alpha value is -1.15. The van der Waals surface area contributed by atoms with Gasteiger partial charge in [-0.2, -0.15) is 0 Å². The number of rotatable bonds is 6. The molecular formula is C19H29Cl2F2N3O2. The number of alkyl halides is 2. The number of carbonyl (C=O) groups excluding carboxylic acids is 1. The van der Waals surface area contributed by atoms with Gasteiger partial charge in [-0.25, -0.2) is 8.78 Å². The van der Waals surface area contributed by atoms with Gasteiger partial charge in [0.15, 0.2) is 0 Å². The molecule has 0 aromatic heterocycles. The topological polar surface area (TPSA) is 53.6 Å². The molecule has 0 bridgehead atoms. The van der Waals surface area contributed by atoms with Gasteiger partial charge in [-0.05, 0) is 49.5 Å². The van der Waals surface area contributed by atoms with E-state index in [1.165, 1.54) is 5.56 Å². The lowest BCUT2D eigenvalue weighted by Crippen LogP contribution is -2.44. The van der Waals surface area contributed by atoms with Crippen LogP contribution in [-0.2, 0) is 11.3 Å². The number of hydrogen-bond acceptors (Lipinski definition) is 4. The number of benzene rings is 1. The molecule has 2 aliphatic rings. The molecule has 2 heterocycles. The van der Waals surface area contributed by atoms with Crippen LogP contribution < -0.4 is 15.4 Å². The second-order valence-electron chi connectivity index (χ2n) is 7.31. The smallest absolute Gasteiger partial charge is 0.262 e. The number of hydrogen-bond donors (Lipinski definition) is 2. The van der Waals surface area contributed by atoms with Crippen LogP contribution in [-0.4, -0.2) is 56.1 Å². The largest absolute Gasteiger partial charge is 0.497 e. The fraction of sp³-hybridized carbons (Fsp3) is 0.632. The molecule has 160 valence electrons. The minimum atomic E-state index is -2.77. The molecule has 28 heavy (non-hydrogen) atoms. The van der Waals surface area contributed by atoms with Gasteiger partial charge in [0, 0.05) is 19.5 Å². The minimum absolute atomic E-state index is 0. The highest BCUT2D eigenvalue weighted by Gasteiger charge is 2.42. The molecule has 2 fully saturated rings. The average Bonchev–Trinajstić information content (AvgIpc) is 3.01. The molecule has 1 atom stereocenters. The summed E-state index contributed by atoms with van der Waals surface area (Å²) in [5.41, 5.74) is 1.26. The summed E-state index contributed by atoms with van der Waals surface area (Å²) in [5, 5.41) is 5.44. The number of halogens is 4. The number of amides is 1. The van der Waals surface area contributed by atoms with Crippen LogP contribution >= 0.6 is 24.8 Å². The van der Waals surface area contributed by atoms with Gasteiger partial charge in [-0.1, -0.05) is 12.1 Å². The third-order valence-electron chi connectivity index (χ3n) is 5.26. The number of likely N-dealkylation sites (tertiary alicyclic amines) is 1.